The van der Waals surface area contributed by atoms with E-state index >= 15 is 0 Å². The van der Waals surface area contributed by atoms with Crippen LogP contribution in [0, 0.1) is 0 Å². The lowest BCUT2D eigenvalue weighted by atomic mass is 9.97. The number of aromatic nitrogens is 4. The zero-order valence-electron chi connectivity index (χ0n) is 17.3. The number of carbonyl (C=O) groups is 2. The molecule has 1 amide bonds. The topological polar surface area (TPSA) is 99.0 Å². The van der Waals surface area contributed by atoms with Crippen LogP contribution in [0.3, 0.4) is 0 Å². The summed E-state index contributed by atoms with van der Waals surface area (Å²) in [5, 5.41) is 7.32. The molecule has 1 N–H and O–H groups in total. The lowest BCUT2D eigenvalue weighted by Crippen LogP contribution is -2.35. The van der Waals surface area contributed by atoms with Gasteiger partial charge in [-0.3, -0.25) is 14.3 Å². The van der Waals surface area contributed by atoms with Crippen LogP contribution in [0.15, 0.2) is 66.9 Å². The maximum atomic E-state index is 13.3. The van der Waals surface area contributed by atoms with E-state index in [1.54, 1.807) is 53.3 Å². The first-order valence-corrected chi connectivity index (χ1v) is 10.1. The van der Waals surface area contributed by atoms with E-state index in [2.05, 4.69) is 20.4 Å². The maximum absolute atomic E-state index is 13.3. The number of ketones is 1. The summed E-state index contributed by atoms with van der Waals surface area (Å²) in [5.41, 5.74) is 3.19. The van der Waals surface area contributed by atoms with E-state index in [0.29, 0.717) is 58.4 Å². The Balaban J connectivity index is 1.56. The largest absolute Gasteiger partial charge is 0.496 e. The monoisotopic (exact) mass is 425 g/mol. The molecule has 1 aliphatic heterocycles. The van der Waals surface area contributed by atoms with Crippen LogP contribution in [-0.2, 0) is 6.54 Å². The number of methoxy groups -OCH3 is 1. The van der Waals surface area contributed by atoms with Crippen LogP contribution in [0.2, 0.25) is 0 Å². The lowest BCUT2D eigenvalue weighted by Gasteiger charge is -2.13. The molecule has 8 nitrogen and oxygen atoms in total. The molecule has 2 aromatic heterocycles. The molecule has 2 aromatic carbocycles. The number of rotatable bonds is 5. The van der Waals surface area contributed by atoms with E-state index in [4.69, 9.17) is 4.74 Å². The van der Waals surface area contributed by atoms with Crippen LogP contribution in [0.25, 0.3) is 22.8 Å². The number of para-hydroxylation sites is 1. The fourth-order valence-corrected chi connectivity index (χ4v) is 3.75. The quantitative estimate of drug-likeness (QED) is 0.494. The zero-order valence-corrected chi connectivity index (χ0v) is 17.3. The summed E-state index contributed by atoms with van der Waals surface area (Å²) in [5.74, 6) is 0.568. The highest BCUT2D eigenvalue weighted by Gasteiger charge is 2.22. The zero-order chi connectivity index (χ0) is 22.1. The molecule has 0 radical (unpaired) electrons. The van der Waals surface area contributed by atoms with Gasteiger partial charge in [0.25, 0.3) is 5.91 Å². The summed E-state index contributed by atoms with van der Waals surface area (Å²) in [6, 6.07) is 17.8. The van der Waals surface area contributed by atoms with E-state index in [9.17, 15) is 9.59 Å². The number of carbonyl (C=O) groups excluding carboxylic acids is 2. The molecule has 32 heavy (non-hydrogen) atoms. The van der Waals surface area contributed by atoms with Crippen molar-refractivity contribution in [3.63, 3.8) is 0 Å². The minimum absolute atomic E-state index is 0.156. The van der Waals surface area contributed by atoms with Crippen molar-refractivity contribution in [2.45, 2.75) is 6.54 Å². The second-order valence-corrected chi connectivity index (χ2v) is 7.23. The first kappa shape index (κ1) is 19.6. The van der Waals surface area contributed by atoms with Crippen LogP contribution in [0.4, 0.5) is 0 Å². The van der Waals surface area contributed by atoms with Crippen molar-refractivity contribution in [2.24, 2.45) is 0 Å². The van der Waals surface area contributed by atoms with Crippen molar-refractivity contribution >= 4 is 11.7 Å². The number of ether oxygens (including phenoxy) is 1. The Morgan fingerprint density at radius 1 is 1.03 bits per heavy atom. The van der Waals surface area contributed by atoms with Gasteiger partial charge in [-0.1, -0.05) is 36.4 Å². The van der Waals surface area contributed by atoms with Gasteiger partial charge in [0.1, 0.15) is 17.1 Å². The molecule has 0 unspecified atom stereocenters. The molecule has 0 atom stereocenters. The molecule has 8 heteroatoms. The maximum Gasteiger partial charge on any atom is 0.269 e. The van der Waals surface area contributed by atoms with Crippen LogP contribution >= 0.6 is 0 Å². The van der Waals surface area contributed by atoms with Gasteiger partial charge in [0.2, 0.25) is 0 Å². The molecule has 0 saturated heterocycles. The van der Waals surface area contributed by atoms with Gasteiger partial charge in [-0.05, 0) is 24.3 Å². The average Bonchev–Trinajstić information content (AvgIpc) is 3.30. The number of hydrogen-bond donors (Lipinski definition) is 1. The molecule has 0 fully saturated rings. The third-order valence-corrected chi connectivity index (χ3v) is 5.30. The van der Waals surface area contributed by atoms with Gasteiger partial charge >= 0.3 is 0 Å². The van der Waals surface area contributed by atoms with Crippen molar-refractivity contribution in [3.8, 4) is 28.5 Å². The molecular formula is C24H19N5O3. The number of fused-ring (bicyclic) bond motifs is 1. The summed E-state index contributed by atoms with van der Waals surface area (Å²) in [4.78, 5) is 34.5. The standard InChI is InChI=1S/C24H19N5O3/c1-32-21-9-5-4-8-17(21)22(30)15-6-2-3-7-16(15)23-25-11-10-18(27-23)19-14-20-24(31)26-12-13-29(20)28-19/h2-11,14H,12-13H2,1H3,(H,26,31). The molecule has 0 saturated carbocycles. The minimum atomic E-state index is -0.179. The second-order valence-electron chi connectivity index (χ2n) is 7.23. The number of amides is 1. The third-order valence-electron chi connectivity index (χ3n) is 5.30. The first-order chi connectivity index (χ1) is 15.7. The molecule has 5 rings (SSSR count). The summed E-state index contributed by atoms with van der Waals surface area (Å²) >= 11 is 0. The van der Waals surface area contributed by atoms with Gasteiger partial charge in [0.15, 0.2) is 11.6 Å². The molecule has 3 heterocycles. The van der Waals surface area contributed by atoms with E-state index in [1.165, 1.54) is 7.11 Å². The molecule has 0 spiro atoms. The van der Waals surface area contributed by atoms with E-state index < -0.39 is 0 Å². The molecule has 158 valence electrons. The van der Waals surface area contributed by atoms with Gasteiger partial charge in [-0.2, -0.15) is 5.10 Å². The lowest BCUT2D eigenvalue weighted by molar-refractivity contribution is 0.0924. The van der Waals surface area contributed by atoms with Gasteiger partial charge in [0.05, 0.1) is 24.9 Å². The summed E-state index contributed by atoms with van der Waals surface area (Å²) in [6.07, 6.45) is 1.63. The van der Waals surface area contributed by atoms with Crippen molar-refractivity contribution in [1.29, 1.82) is 0 Å². The molecule has 4 aromatic rings. The first-order valence-electron chi connectivity index (χ1n) is 10.1. The predicted molar refractivity (Wildman–Crippen MR) is 117 cm³/mol. The highest BCUT2D eigenvalue weighted by atomic mass is 16.5. The molecule has 0 aliphatic carbocycles. The second kappa shape index (κ2) is 8.07. The summed E-state index contributed by atoms with van der Waals surface area (Å²) < 4.78 is 7.04. The van der Waals surface area contributed by atoms with Gasteiger partial charge in [-0.15, -0.1) is 0 Å². The van der Waals surface area contributed by atoms with E-state index in [-0.39, 0.29) is 11.7 Å². The molecule has 0 bridgehead atoms. The fraction of sp³-hybridized carbons (Fsp3) is 0.125. The minimum Gasteiger partial charge on any atom is -0.496 e. The summed E-state index contributed by atoms with van der Waals surface area (Å²) in [6.45, 7) is 1.15. The predicted octanol–water partition coefficient (Wildman–Crippen LogP) is 2.99. The normalized spacial score (nSPS) is 12.7. The van der Waals surface area contributed by atoms with E-state index in [1.807, 2.05) is 18.2 Å². The number of nitrogens with one attached hydrogen (secondary N) is 1. The fourth-order valence-electron chi connectivity index (χ4n) is 3.75. The van der Waals surface area contributed by atoms with Crippen molar-refractivity contribution in [2.75, 3.05) is 13.7 Å². The smallest absolute Gasteiger partial charge is 0.269 e. The molecular weight excluding hydrogens is 406 g/mol. The van der Waals surface area contributed by atoms with Gasteiger partial charge < -0.3 is 10.1 Å². The van der Waals surface area contributed by atoms with Crippen LogP contribution in [0.5, 0.6) is 5.75 Å². The Kier molecular flexibility index (Phi) is 4.95. The Morgan fingerprint density at radius 2 is 1.81 bits per heavy atom. The Labute approximate surface area is 183 Å². The third kappa shape index (κ3) is 3.41. The van der Waals surface area contributed by atoms with Crippen molar-refractivity contribution in [1.82, 2.24) is 25.1 Å². The van der Waals surface area contributed by atoms with E-state index in [0.717, 1.165) is 0 Å². The van der Waals surface area contributed by atoms with Crippen LogP contribution in [-0.4, -0.2) is 45.1 Å². The highest BCUT2D eigenvalue weighted by Crippen LogP contribution is 2.28. The highest BCUT2D eigenvalue weighted by molar-refractivity contribution is 6.14. The number of hydrogen-bond acceptors (Lipinski definition) is 6. The SMILES string of the molecule is COc1ccccc1C(=O)c1ccccc1-c1nccc(-c2cc3n(n2)CCNC3=O)n1. The van der Waals surface area contributed by atoms with Crippen LogP contribution in [0.1, 0.15) is 26.4 Å². The van der Waals surface area contributed by atoms with Crippen molar-refractivity contribution < 1.29 is 14.3 Å². The Morgan fingerprint density at radius 3 is 2.62 bits per heavy atom. The van der Waals surface area contributed by atoms with Gasteiger partial charge in [0, 0.05) is 23.9 Å². The molecule has 1 aliphatic rings. The Bertz CT molecular complexity index is 1340. The van der Waals surface area contributed by atoms with Crippen LogP contribution < -0.4 is 10.1 Å². The summed E-state index contributed by atoms with van der Waals surface area (Å²) in [7, 11) is 1.54. The number of nitrogens with zero attached hydrogens (tertiary/aromatic N) is 4. The van der Waals surface area contributed by atoms with Crippen molar-refractivity contribution in [3.05, 3.63) is 83.7 Å². The Hall–Kier alpha value is -4.33. The average molecular weight is 425 g/mol. The number of benzene rings is 2. The van der Waals surface area contributed by atoms with Gasteiger partial charge in [-0.25, -0.2) is 9.97 Å².